The maximum absolute atomic E-state index is 13.0. The molecule has 4 N–H and O–H groups in total. The van der Waals surface area contributed by atoms with Crippen LogP contribution in [0.1, 0.15) is 53.3 Å². The number of amides is 5. The summed E-state index contributed by atoms with van der Waals surface area (Å²) in [4.78, 5) is 61.1. The molecule has 0 spiro atoms. The Morgan fingerprint density at radius 3 is 2.72 bits per heavy atom. The minimum absolute atomic E-state index is 0.0622. The lowest BCUT2D eigenvalue weighted by atomic mass is 10.0. The van der Waals surface area contributed by atoms with E-state index in [2.05, 4.69) is 10.6 Å². The van der Waals surface area contributed by atoms with Crippen LogP contribution in [0.3, 0.4) is 0 Å². The van der Waals surface area contributed by atoms with E-state index >= 15 is 0 Å². The maximum atomic E-state index is 13.0. The molecule has 5 amide bonds. The molecule has 10 nitrogen and oxygen atoms in total. The minimum atomic E-state index is -1.01. The first-order valence-electron chi connectivity index (χ1n) is 9.36. The van der Waals surface area contributed by atoms with Crippen LogP contribution in [0.2, 0.25) is 0 Å². The Morgan fingerprint density at radius 1 is 1.31 bits per heavy atom. The van der Waals surface area contributed by atoms with Gasteiger partial charge in [0.25, 0.3) is 11.8 Å². The molecule has 2 unspecified atom stereocenters. The molecule has 0 bridgehead atoms. The minimum Gasteiger partial charge on any atom is -0.450 e. The molecule has 0 radical (unpaired) electrons. The zero-order valence-corrected chi connectivity index (χ0v) is 15.9. The topological polar surface area (TPSA) is 148 Å². The van der Waals surface area contributed by atoms with Gasteiger partial charge in [-0.2, -0.15) is 0 Å². The lowest BCUT2D eigenvalue weighted by Gasteiger charge is -2.28. The van der Waals surface area contributed by atoms with E-state index in [1.54, 1.807) is 12.1 Å². The summed E-state index contributed by atoms with van der Waals surface area (Å²) in [6.07, 6.45) is 0.432. The van der Waals surface area contributed by atoms with Crippen molar-refractivity contribution in [2.75, 3.05) is 11.9 Å². The Labute approximate surface area is 166 Å². The quantitative estimate of drug-likeness (QED) is 0.570. The van der Waals surface area contributed by atoms with Crippen molar-refractivity contribution in [1.29, 1.82) is 0 Å². The summed E-state index contributed by atoms with van der Waals surface area (Å²) in [5, 5.41) is 5.38. The van der Waals surface area contributed by atoms with Crippen molar-refractivity contribution in [3.05, 3.63) is 29.3 Å². The number of nitrogens with one attached hydrogen (secondary N) is 2. The average molecular weight is 402 g/mol. The molecule has 1 aromatic rings. The summed E-state index contributed by atoms with van der Waals surface area (Å²) in [6, 6.07) is 3.71. The highest BCUT2D eigenvalue weighted by molar-refractivity contribution is 6.25. The maximum Gasteiger partial charge on any atom is 0.404 e. The van der Waals surface area contributed by atoms with Gasteiger partial charge in [-0.15, -0.1) is 0 Å². The highest BCUT2D eigenvalue weighted by Crippen LogP contribution is 2.33. The van der Waals surface area contributed by atoms with E-state index in [-0.39, 0.29) is 36.6 Å². The molecular weight excluding hydrogens is 380 g/mol. The van der Waals surface area contributed by atoms with Gasteiger partial charge in [0.15, 0.2) is 0 Å². The van der Waals surface area contributed by atoms with Crippen LogP contribution in [-0.2, 0) is 14.3 Å². The molecule has 29 heavy (non-hydrogen) atoms. The second-order valence-electron chi connectivity index (χ2n) is 6.88. The van der Waals surface area contributed by atoms with Crippen LogP contribution >= 0.6 is 0 Å². The van der Waals surface area contributed by atoms with Gasteiger partial charge < -0.3 is 15.8 Å². The van der Waals surface area contributed by atoms with E-state index in [1.165, 1.54) is 6.07 Å². The first-order valence-corrected chi connectivity index (χ1v) is 9.36. The van der Waals surface area contributed by atoms with Crippen LogP contribution in [0.4, 0.5) is 10.5 Å². The second kappa shape index (κ2) is 8.29. The van der Waals surface area contributed by atoms with Gasteiger partial charge in [-0.3, -0.25) is 29.4 Å². The number of carbonyl (C=O) groups is 5. The van der Waals surface area contributed by atoms with Gasteiger partial charge in [0, 0.05) is 24.6 Å². The van der Waals surface area contributed by atoms with Gasteiger partial charge in [0.2, 0.25) is 11.8 Å². The Balaban J connectivity index is 1.81. The molecular formula is C19H22N4O6. The van der Waals surface area contributed by atoms with E-state index in [4.69, 9.17) is 10.5 Å². The number of imide groups is 2. The van der Waals surface area contributed by atoms with E-state index in [9.17, 15) is 24.0 Å². The number of primary amides is 1. The molecule has 3 rings (SSSR count). The third-order valence-corrected chi connectivity index (χ3v) is 5.03. The SMILES string of the molecule is CCC(CCOC(N)=O)Nc1cccc2c1C(=O)N(C1CCC(=O)NC1=O)C2=O. The number of nitrogens with zero attached hydrogens (tertiary/aromatic N) is 1. The van der Waals surface area contributed by atoms with Gasteiger partial charge in [0.1, 0.15) is 6.04 Å². The average Bonchev–Trinajstić information content (AvgIpc) is 2.92. The third kappa shape index (κ3) is 4.05. The standard InChI is InChI=1S/C19H22N4O6/c1-2-10(8-9-29-19(20)28)21-12-5-3-4-11-15(12)18(27)23(17(11)26)13-6-7-14(24)22-16(13)25/h3-5,10,13,21H,2,6-9H2,1H3,(H2,20,28)(H,22,24,25). The normalized spacial score (nSPS) is 19.6. The predicted molar refractivity (Wildman–Crippen MR) is 101 cm³/mol. The first-order chi connectivity index (χ1) is 13.8. The zero-order chi connectivity index (χ0) is 21.1. The highest BCUT2D eigenvalue weighted by Gasteiger charge is 2.45. The summed E-state index contributed by atoms with van der Waals surface area (Å²) in [7, 11) is 0. The van der Waals surface area contributed by atoms with E-state index < -0.39 is 35.8 Å². The number of ether oxygens (including phenoxy) is 1. The molecule has 1 aromatic carbocycles. The Bertz CT molecular complexity index is 883. The number of nitrogens with two attached hydrogens (primary N) is 1. The monoisotopic (exact) mass is 402 g/mol. The lowest BCUT2D eigenvalue weighted by molar-refractivity contribution is -0.136. The first kappa shape index (κ1) is 20.3. The fourth-order valence-corrected chi connectivity index (χ4v) is 3.54. The number of anilines is 1. The molecule has 0 saturated carbocycles. The third-order valence-electron chi connectivity index (χ3n) is 5.03. The van der Waals surface area contributed by atoms with Gasteiger partial charge in [-0.05, 0) is 25.0 Å². The van der Waals surface area contributed by atoms with Crippen molar-refractivity contribution < 1.29 is 28.7 Å². The van der Waals surface area contributed by atoms with Crippen LogP contribution in [0, 0.1) is 0 Å². The molecule has 154 valence electrons. The van der Waals surface area contributed by atoms with Crippen molar-refractivity contribution in [2.45, 2.75) is 44.7 Å². The molecule has 1 saturated heterocycles. The van der Waals surface area contributed by atoms with E-state index in [1.807, 2.05) is 6.92 Å². The van der Waals surface area contributed by atoms with Crippen LogP contribution in [-0.4, -0.2) is 53.3 Å². The summed E-state index contributed by atoms with van der Waals surface area (Å²) in [6.45, 7) is 2.04. The number of rotatable bonds is 7. The van der Waals surface area contributed by atoms with Gasteiger partial charge in [0.05, 0.1) is 17.7 Å². The molecule has 0 aliphatic carbocycles. The van der Waals surface area contributed by atoms with Gasteiger partial charge >= 0.3 is 6.09 Å². The lowest BCUT2D eigenvalue weighted by Crippen LogP contribution is -2.54. The summed E-state index contributed by atoms with van der Waals surface area (Å²) in [5.41, 5.74) is 5.82. The smallest absolute Gasteiger partial charge is 0.404 e. The molecule has 0 aromatic heterocycles. The summed E-state index contributed by atoms with van der Waals surface area (Å²) in [5.74, 6) is -2.21. The summed E-state index contributed by atoms with van der Waals surface area (Å²) >= 11 is 0. The van der Waals surface area contributed by atoms with Crippen molar-refractivity contribution in [1.82, 2.24) is 10.2 Å². The fourth-order valence-electron chi connectivity index (χ4n) is 3.54. The van der Waals surface area contributed by atoms with Gasteiger partial charge in [-0.25, -0.2) is 4.79 Å². The number of hydrogen-bond donors (Lipinski definition) is 3. The molecule has 2 aliphatic rings. The number of hydrogen-bond acceptors (Lipinski definition) is 7. The van der Waals surface area contributed by atoms with Crippen molar-refractivity contribution >= 4 is 35.4 Å². The Kier molecular flexibility index (Phi) is 5.81. The van der Waals surface area contributed by atoms with Crippen LogP contribution in [0.15, 0.2) is 18.2 Å². The molecule has 2 atom stereocenters. The van der Waals surface area contributed by atoms with Crippen molar-refractivity contribution in [3.63, 3.8) is 0 Å². The predicted octanol–water partition coefficient (Wildman–Crippen LogP) is 0.764. The summed E-state index contributed by atoms with van der Waals surface area (Å²) < 4.78 is 4.76. The Hall–Kier alpha value is -3.43. The van der Waals surface area contributed by atoms with Gasteiger partial charge in [-0.1, -0.05) is 13.0 Å². The van der Waals surface area contributed by atoms with Crippen LogP contribution in [0.5, 0.6) is 0 Å². The molecule has 2 heterocycles. The molecule has 2 aliphatic heterocycles. The van der Waals surface area contributed by atoms with Crippen molar-refractivity contribution in [2.24, 2.45) is 5.73 Å². The van der Waals surface area contributed by atoms with Crippen LogP contribution in [0.25, 0.3) is 0 Å². The number of benzene rings is 1. The van der Waals surface area contributed by atoms with E-state index in [0.717, 1.165) is 4.90 Å². The molecule has 1 fully saturated rings. The van der Waals surface area contributed by atoms with E-state index in [0.29, 0.717) is 18.5 Å². The largest absolute Gasteiger partial charge is 0.450 e. The fraction of sp³-hybridized carbons (Fsp3) is 0.421. The number of piperidine rings is 1. The Morgan fingerprint density at radius 2 is 2.07 bits per heavy atom. The number of carbonyl (C=O) groups excluding carboxylic acids is 5. The second-order valence-corrected chi connectivity index (χ2v) is 6.88. The molecule has 10 heteroatoms. The van der Waals surface area contributed by atoms with Crippen LogP contribution < -0.4 is 16.4 Å². The van der Waals surface area contributed by atoms with Crippen molar-refractivity contribution in [3.8, 4) is 0 Å². The highest BCUT2D eigenvalue weighted by atomic mass is 16.5. The number of fused-ring (bicyclic) bond motifs is 1. The zero-order valence-electron chi connectivity index (χ0n) is 15.9.